The summed E-state index contributed by atoms with van der Waals surface area (Å²) in [5.41, 5.74) is -0.0955. The van der Waals surface area contributed by atoms with Gasteiger partial charge >= 0.3 is 0 Å². The predicted octanol–water partition coefficient (Wildman–Crippen LogP) is 1.64. The standard InChI is InChI=1S/C7H11NO.C2H6O.C2H6/c1-2-3-7(6-9)4-8-5-7;1-3-2;1-2/h2,6,8H,1,3-5H2;1-2H3;1-2H3. The smallest absolute Gasteiger partial charge is 0.129 e. The molecule has 1 aliphatic rings. The maximum absolute atomic E-state index is 10.4. The Morgan fingerprint density at radius 1 is 1.43 bits per heavy atom. The van der Waals surface area contributed by atoms with E-state index in [-0.39, 0.29) is 5.41 Å². The number of hydrogen-bond acceptors (Lipinski definition) is 3. The molecule has 0 unspecified atom stereocenters. The lowest BCUT2D eigenvalue weighted by atomic mass is 9.80. The van der Waals surface area contributed by atoms with E-state index in [4.69, 9.17) is 0 Å². The number of rotatable bonds is 3. The number of ether oxygens (including phenoxy) is 1. The third-order valence-electron chi connectivity index (χ3n) is 1.75. The summed E-state index contributed by atoms with van der Waals surface area (Å²) >= 11 is 0. The summed E-state index contributed by atoms with van der Waals surface area (Å²) in [7, 11) is 3.25. The van der Waals surface area contributed by atoms with Crippen molar-refractivity contribution in [1.82, 2.24) is 5.32 Å². The summed E-state index contributed by atoms with van der Waals surface area (Å²) in [6.07, 6.45) is 3.64. The second-order valence-corrected chi connectivity index (χ2v) is 2.98. The van der Waals surface area contributed by atoms with Crippen LogP contribution in [-0.2, 0) is 9.53 Å². The highest BCUT2D eigenvalue weighted by atomic mass is 16.4. The molecule has 1 N–H and O–H groups in total. The van der Waals surface area contributed by atoms with E-state index in [0.717, 1.165) is 25.8 Å². The Bertz CT molecular complexity index is 142. The molecule has 1 fully saturated rings. The zero-order valence-electron chi connectivity index (χ0n) is 9.80. The topological polar surface area (TPSA) is 38.3 Å². The molecule has 1 heterocycles. The van der Waals surface area contributed by atoms with Gasteiger partial charge in [0.25, 0.3) is 0 Å². The number of carbonyl (C=O) groups excluding carboxylic acids is 1. The number of nitrogens with one attached hydrogen (secondary N) is 1. The number of carbonyl (C=O) groups is 1. The average Bonchev–Trinajstić information content (AvgIpc) is 2.16. The SMILES string of the molecule is C=CCC1(C=O)CNC1.CC.COC. The molecule has 1 rings (SSSR count). The minimum absolute atomic E-state index is 0.0955. The Balaban J connectivity index is 0. The molecular formula is C11H23NO2. The van der Waals surface area contributed by atoms with Gasteiger partial charge in [0.05, 0.1) is 5.41 Å². The lowest BCUT2D eigenvalue weighted by Gasteiger charge is -2.36. The number of aldehydes is 1. The molecule has 0 aromatic heterocycles. The molecule has 0 bridgehead atoms. The summed E-state index contributed by atoms with van der Waals surface area (Å²) in [4.78, 5) is 10.4. The van der Waals surface area contributed by atoms with Crippen LogP contribution in [-0.4, -0.2) is 33.6 Å². The zero-order valence-corrected chi connectivity index (χ0v) is 9.80. The van der Waals surface area contributed by atoms with Crippen LogP contribution in [0.3, 0.4) is 0 Å². The van der Waals surface area contributed by atoms with Gasteiger partial charge in [0.15, 0.2) is 0 Å². The van der Waals surface area contributed by atoms with E-state index < -0.39 is 0 Å². The van der Waals surface area contributed by atoms with Gasteiger partial charge in [-0.15, -0.1) is 6.58 Å². The molecule has 1 aliphatic heterocycles. The summed E-state index contributed by atoms with van der Waals surface area (Å²) in [6.45, 7) is 9.23. The third kappa shape index (κ3) is 5.89. The summed E-state index contributed by atoms with van der Waals surface area (Å²) in [5.74, 6) is 0. The first-order valence-corrected chi connectivity index (χ1v) is 4.93. The molecule has 0 aromatic rings. The van der Waals surface area contributed by atoms with E-state index in [1.54, 1.807) is 20.3 Å². The van der Waals surface area contributed by atoms with Crippen LogP contribution in [0.4, 0.5) is 0 Å². The monoisotopic (exact) mass is 201 g/mol. The number of hydrogen-bond donors (Lipinski definition) is 1. The van der Waals surface area contributed by atoms with Gasteiger partial charge in [-0.2, -0.15) is 0 Å². The van der Waals surface area contributed by atoms with Crippen LogP contribution in [0.5, 0.6) is 0 Å². The minimum Gasteiger partial charge on any atom is -0.388 e. The van der Waals surface area contributed by atoms with Crippen LogP contribution in [0, 0.1) is 5.41 Å². The van der Waals surface area contributed by atoms with Gasteiger partial charge in [-0.3, -0.25) is 0 Å². The highest BCUT2D eigenvalue weighted by Crippen LogP contribution is 2.23. The highest BCUT2D eigenvalue weighted by molar-refractivity contribution is 5.62. The van der Waals surface area contributed by atoms with Gasteiger partial charge in [0.1, 0.15) is 6.29 Å². The van der Waals surface area contributed by atoms with E-state index in [1.165, 1.54) is 0 Å². The normalized spacial score (nSPS) is 16.0. The molecule has 84 valence electrons. The van der Waals surface area contributed by atoms with Crippen molar-refractivity contribution in [2.24, 2.45) is 5.41 Å². The van der Waals surface area contributed by atoms with Gasteiger partial charge in [-0.05, 0) is 6.42 Å². The Kier molecular flexibility index (Phi) is 11.7. The van der Waals surface area contributed by atoms with Crippen molar-refractivity contribution in [2.75, 3.05) is 27.3 Å². The number of methoxy groups -OCH3 is 1. The van der Waals surface area contributed by atoms with Crippen molar-refractivity contribution in [1.29, 1.82) is 0 Å². The molecule has 0 radical (unpaired) electrons. The highest BCUT2D eigenvalue weighted by Gasteiger charge is 2.34. The van der Waals surface area contributed by atoms with Crippen LogP contribution >= 0.6 is 0 Å². The van der Waals surface area contributed by atoms with Gasteiger partial charge in [-0.25, -0.2) is 0 Å². The molecule has 14 heavy (non-hydrogen) atoms. The minimum atomic E-state index is -0.0955. The van der Waals surface area contributed by atoms with E-state index in [2.05, 4.69) is 16.6 Å². The Morgan fingerprint density at radius 3 is 1.93 bits per heavy atom. The van der Waals surface area contributed by atoms with Gasteiger partial charge < -0.3 is 14.8 Å². The Labute approximate surface area is 87.5 Å². The van der Waals surface area contributed by atoms with Crippen LogP contribution in [0.1, 0.15) is 20.3 Å². The second kappa shape index (κ2) is 10.4. The fourth-order valence-corrected chi connectivity index (χ4v) is 1.01. The molecule has 0 atom stereocenters. The van der Waals surface area contributed by atoms with Gasteiger partial charge in [0.2, 0.25) is 0 Å². The second-order valence-electron chi connectivity index (χ2n) is 2.98. The van der Waals surface area contributed by atoms with Crippen molar-refractivity contribution in [2.45, 2.75) is 20.3 Å². The van der Waals surface area contributed by atoms with E-state index in [9.17, 15) is 4.79 Å². The molecule has 0 saturated carbocycles. The fraction of sp³-hybridized carbons (Fsp3) is 0.727. The first kappa shape index (κ1) is 15.8. The molecule has 1 saturated heterocycles. The van der Waals surface area contributed by atoms with Crippen LogP contribution in [0.15, 0.2) is 12.7 Å². The number of allylic oxidation sites excluding steroid dienone is 1. The lowest BCUT2D eigenvalue weighted by Crippen LogP contribution is -2.54. The maximum atomic E-state index is 10.4. The molecular weight excluding hydrogens is 178 g/mol. The van der Waals surface area contributed by atoms with Crippen LogP contribution in [0.25, 0.3) is 0 Å². The van der Waals surface area contributed by atoms with Crippen molar-refractivity contribution >= 4 is 6.29 Å². The van der Waals surface area contributed by atoms with Crippen molar-refractivity contribution in [3.05, 3.63) is 12.7 Å². The molecule has 3 heteroatoms. The summed E-state index contributed by atoms with van der Waals surface area (Å²) in [6, 6.07) is 0. The summed E-state index contributed by atoms with van der Waals surface area (Å²) in [5, 5.41) is 3.06. The average molecular weight is 201 g/mol. The molecule has 0 aromatic carbocycles. The Hall–Kier alpha value is -0.670. The van der Waals surface area contributed by atoms with Crippen molar-refractivity contribution < 1.29 is 9.53 Å². The molecule has 0 aliphatic carbocycles. The summed E-state index contributed by atoms with van der Waals surface area (Å²) < 4.78 is 4.25. The molecule has 0 amide bonds. The van der Waals surface area contributed by atoms with E-state index in [0.29, 0.717) is 0 Å². The fourth-order valence-electron chi connectivity index (χ4n) is 1.01. The van der Waals surface area contributed by atoms with Gasteiger partial charge in [-0.1, -0.05) is 19.9 Å². The molecule has 0 spiro atoms. The van der Waals surface area contributed by atoms with Crippen molar-refractivity contribution in [3.8, 4) is 0 Å². The van der Waals surface area contributed by atoms with Crippen molar-refractivity contribution in [3.63, 3.8) is 0 Å². The predicted molar refractivity (Wildman–Crippen MR) is 60.5 cm³/mol. The molecule has 3 nitrogen and oxygen atoms in total. The Morgan fingerprint density at radius 2 is 1.86 bits per heavy atom. The van der Waals surface area contributed by atoms with Gasteiger partial charge in [0, 0.05) is 27.3 Å². The third-order valence-corrected chi connectivity index (χ3v) is 1.75. The zero-order chi connectivity index (χ0) is 11.4. The van der Waals surface area contributed by atoms with E-state index in [1.807, 2.05) is 13.8 Å². The maximum Gasteiger partial charge on any atom is 0.129 e. The first-order chi connectivity index (χ1) is 6.74. The lowest BCUT2D eigenvalue weighted by molar-refractivity contribution is -0.118. The van der Waals surface area contributed by atoms with Crippen LogP contribution < -0.4 is 5.32 Å². The van der Waals surface area contributed by atoms with E-state index >= 15 is 0 Å². The quantitative estimate of drug-likeness (QED) is 0.557. The van der Waals surface area contributed by atoms with Crippen LogP contribution in [0.2, 0.25) is 0 Å². The largest absolute Gasteiger partial charge is 0.388 e. The first-order valence-electron chi connectivity index (χ1n) is 4.93.